The van der Waals surface area contributed by atoms with E-state index in [9.17, 15) is 4.79 Å². The van der Waals surface area contributed by atoms with E-state index in [0.717, 1.165) is 45.9 Å². The van der Waals surface area contributed by atoms with Crippen molar-refractivity contribution in [2.75, 3.05) is 18.1 Å². The zero-order chi connectivity index (χ0) is 20.5. The van der Waals surface area contributed by atoms with Gasteiger partial charge in [-0.05, 0) is 68.9 Å². The molecule has 1 amide bonds. The Hall–Kier alpha value is -2.24. The molecule has 0 N–H and O–H groups in total. The Bertz CT molecular complexity index is 1050. The van der Waals surface area contributed by atoms with Gasteiger partial charge in [-0.3, -0.25) is 9.69 Å². The second kappa shape index (κ2) is 8.25. The second-order valence-electron chi connectivity index (χ2n) is 8.17. The van der Waals surface area contributed by atoms with Crippen LogP contribution in [0.5, 0.6) is 0 Å². The van der Waals surface area contributed by atoms with E-state index in [0.29, 0.717) is 13.0 Å². The molecule has 1 unspecified atom stereocenters. The second-order valence-corrected chi connectivity index (χ2v) is 9.15. The first kappa shape index (κ1) is 20.0. The van der Waals surface area contributed by atoms with Gasteiger partial charge in [-0.15, -0.1) is 0 Å². The molecule has 2 aromatic carbocycles. The minimum Gasteiger partial charge on any atom is -0.376 e. The van der Waals surface area contributed by atoms with Crippen LogP contribution in [0.15, 0.2) is 30.3 Å². The van der Waals surface area contributed by atoms with Crippen molar-refractivity contribution in [2.45, 2.75) is 53.1 Å². The highest BCUT2D eigenvalue weighted by Gasteiger charge is 2.26. The van der Waals surface area contributed by atoms with Gasteiger partial charge < -0.3 is 4.74 Å². The highest BCUT2D eigenvalue weighted by Crippen LogP contribution is 2.33. The summed E-state index contributed by atoms with van der Waals surface area (Å²) in [4.78, 5) is 20.1. The van der Waals surface area contributed by atoms with Crippen LogP contribution < -0.4 is 4.90 Å². The van der Waals surface area contributed by atoms with Gasteiger partial charge in [-0.25, -0.2) is 4.98 Å². The number of hydrogen-bond donors (Lipinski definition) is 0. The van der Waals surface area contributed by atoms with Gasteiger partial charge in [0.15, 0.2) is 5.13 Å². The molecule has 0 radical (unpaired) electrons. The molecule has 1 fully saturated rings. The first-order valence-corrected chi connectivity index (χ1v) is 11.1. The van der Waals surface area contributed by atoms with Crippen LogP contribution in [0.25, 0.3) is 10.2 Å². The third kappa shape index (κ3) is 4.36. The predicted molar refractivity (Wildman–Crippen MR) is 120 cm³/mol. The maximum absolute atomic E-state index is 13.4. The molecule has 152 valence electrons. The van der Waals surface area contributed by atoms with Gasteiger partial charge in [0.2, 0.25) is 5.91 Å². The van der Waals surface area contributed by atoms with Gasteiger partial charge in [0, 0.05) is 6.61 Å². The van der Waals surface area contributed by atoms with E-state index in [2.05, 4.69) is 58.0 Å². The smallest absolute Gasteiger partial charge is 0.233 e. The molecule has 0 bridgehead atoms. The minimum atomic E-state index is 0.0858. The number of carbonyl (C=O) groups is 1. The lowest BCUT2D eigenvalue weighted by atomic mass is 10.0. The van der Waals surface area contributed by atoms with Crippen LogP contribution in [-0.2, 0) is 16.0 Å². The lowest BCUT2D eigenvalue weighted by Gasteiger charge is -2.23. The quantitative estimate of drug-likeness (QED) is 0.576. The number of aryl methyl sites for hydroxylation is 4. The first-order valence-electron chi connectivity index (χ1n) is 10.3. The Morgan fingerprint density at radius 1 is 1.14 bits per heavy atom. The van der Waals surface area contributed by atoms with Crippen LogP contribution in [0.2, 0.25) is 0 Å². The number of ether oxygens (including phenoxy) is 1. The fourth-order valence-electron chi connectivity index (χ4n) is 4.01. The average Bonchev–Trinajstić information content (AvgIpc) is 3.32. The van der Waals surface area contributed by atoms with Crippen LogP contribution >= 0.6 is 11.3 Å². The van der Waals surface area contributed by atoms with Crippen molar-refractivity contribution < 1.29 is 9.53 Å². The number of rotatable bonds is 5. The zero-order valence-corrected chi connectivity index (χ0v) is 18.4. The highest BCUT2D eigenvalue weighted by atomic mass is 32.1. The summed E-state index contributed by atoms with van der Waals surface area (Å²) < 4.78 is 7.00. The van der Waals surface area contributed by atoms with Crippen LogP contribution in [-0.4, -0.2) is 30.1 Å². The maximum atomic E-state index is 13.4. The lowest BCUT2D eigenvalue weighted by molar-refractivity contribution is -0.118. The van der Waals surface area contributed by atoms with E-state index in [-0.39, 0.29) is 12.0 Å². The number of carbonyl (C=O) groups excluding carboxylic acids is 1. The van der Waals surface area contributed by atoms with Gasteiger partial charge in [-0.1, -0.05) is 41.2 Å². The molecule has 0 spiro atoms. The molecule has 3 aromatic rings. The number of amides is 1. The Labute approximate surface area is 176 Å². The Balaban J connectivity index is 1.68. The van der Waals surface area contributed by atoms with Crippen LogP contribution in [0.3, 0.4) is 0 Å². The summed E-state index contributed by atoms with van der Waals surface area (Å²) in [5.41, 5.74) is 6.79. The maximum Gasteiger partial charge on any atom is 0.233 e. The highest BCUT2D eigenvalue weighted by molar-refractivity contribution is 7.22. The standard InChI is InChI=1S/C24H28N2O2S/c1-15-7-8-17(3)19(11-15)13-22(27)26(14-20-6-5-9-28-20)24-25-21-12-16(2)10-18(4)23(21)29-24/h7-8,10-12,20H,5-6,9,13-14H2,1-4H3. The summed E-state index contributed by atoms with van der Waals surface area (Å²) in [6, 6.07) is 10.6. The molecular formula is C24H28N2O2S. The number of fused-ring (bicyclic) bond motifs is 1. The summed E-state index contributed by atoms with van der Waals surface area (Å²) in [5, 5.41) is 0.777. The normalized spacial score (nSPS) is 16.5. The van der Waals surface area contributed by atoms with E-state index in [1.807, 2.05) is 4.90 Å². The number of nitrogens with zero attached hydrogens (tertiary/aromatic N) is 2. The van der Waals surface area contributed by atoms with Gasteiger partial charge in [0.05, 0.1) is 29.3 Å². The number of thiazole rings is 1. The summed E-state index contributed by atoms with van der Waals surface area (Å²) in [5.74, 6) is 0.0858. The average molecular weight is 409 g/mol. The van der Waals surface area contributed by atoms with Crippen molar-refractivity contribution in [1.29, 1.82) is 0 Å². The molecule has 0 saturated carbocycles. The number of hydrogen-bond acceptors (Lipinski definition) is 4. The fraction of sp³-hybridized carbons (Fsp3) is 0.417. The molecule has 4 rings (SSSR count). The van der Waals surface area contributed by atoms with Gasteiger partial charge in [-0.2, -0.15) is 0 Å². The van der Waals surface area contributed by atoms with E-state index in [1.165, 1.54) is 16.7 Å². The third-order valence-electron chi connectivity index (χ3n) is 5.60. The van der Waals surface area contributed by atoms with Gasteiger partial charge in [0.1, 0.15) is 0 Å². The molecule has 29 heavy (non-hydrogen) atoms. The zero-order valence-electron chi connectivity index (χ0n) is 17.6. The van der Waals surface area contributed by atoms with Crippen molar-refractivity contribution in [3.05, 3.63) is 58.1 Å². The molecule has 2 heterocycles. The van der Waals surface area contributed by atoms with Crippen molar-refractivity contribution in [3.63, 3.8) is 0 Å². The van der Waals surface area contributed by atoms with Gasteiger partial charge >= 0.3 is 0 Å². The Morgan fingerprint density at radius 2 is 1.97 bits per heavy atom. The van der Waals surface area contributed by atoms with Crippen LogP contribution in [0.4, 0.5) is 5.13 Å². The molecular weight excluding hydrogens is 380 g/mol. The fourth-order valence-corrected chi connectivity index (χ4v) is 5.05. The van der Waals surface area contributed by atoms with Crippen LogP contribution in [0, 0.1) is 27.7 Å². The SMILES string of the molecule is Cc1ccc(C)c(CC(=O)N(CC2CCCO2)c2nc3cc(C)cc(C)c3s2)c1. The third-order valence-corrected chi connectivity index (χ3v) is 6.83. The summed E-state index contributed by atoms with van der Waals surface area (Å²) >= 11 is 1.61. The summed E-state index contributed by atoms with van der Waals surface area (Å²) in [7, 11) is 0. The molecule has 5 heteroatoms. The molecule has 4 nitrogen and oxygen atoms in total. The summed E-state index contributed by atoms with van der Waals surface area (Å²) in [6.07, 6.45) is 2.53. The molecule has 1 atom stereocenters. The predicted octanol–water partition coefficient (Wildman–Crippen LogP) is 5.28. The largest absolute Gasteiger partial charge is 0.376 e. The van der Waals surface area contributed by atoms with Crippen LogP contribution in [0.1, 0.15) is 40.7 Å². The van der Waals surface area contributed by atoms with E-state index >= 15 is 0 Å². The molecule has 1 saturated heterocycles. The number of aromatic nitrogens is 1. The van der Waals surface area contributed by atoms with E-state index < -0.39 is 0 Å². The van der Waals surface area contributed by atoms with E-state index in [4.69, 9.17) is 9.72 Å². The molecule has 1 aliphatic heterocycles. The molecule has 1 aliphatic rings. The lowest BCUT2D eigenvalue weighted by Crippen LogP contribution is -2.38. The van der Waals surface area contributed by atoms with Crippen molar-refractivity contribution in [2.24, 2.45) is 0 Å². The summed E-state index contributed by atoms with van der Waals surface area (Å²) in [6.45, 7) is 9.68. The number of anilines is 1. The Morgan fingerprint density at radius 3 is 2.72 bits per heavy atom. The monoisotopic (exact) mass is 408 g/mol. The van der Waals surface area contributed by atoms with E-state index in [1.54, 1.807) is 11.3 Å². The number of benzene rings is 2. The topological polar surface area (TPSA) is 42.4 Å². The minimum absolute atomic E-state index is 0.0858. The van der Waals surface area contributed by atoms with Crippen molar-refractivity contribution in [3.8, 4) is 0 Å². The van der Waals surface area contributed by atoms with Crippen molar-refractivity contribution >= 4 is 32.6 Å². The van der Waals surface area contributed by atoms with Crippen molar-refractivity contribution in [1.82, 2.24) is 4.98 Å². The Kier molecular flexibility index (Phi) is 5.70. The first-order chi connectivity index (χ1) is 13.9. The molecule has 0 aliphatic carbocycles. The molecule has 1 aromatic heterocycles. The van der Waals surface area contributed by atoms with Gasteiger partial charge in [0.25, 0.3) is 0 Å².